The van der Waals surface area contributed by atoms with Crippen LogP contribution in [-0.2, 0) is 4.74 Å². The lowest BCUT2D eigenvalue weighted by Crippen LogP contribution is -2.38. The van der Waals surface area contributed by atoms with Crippen molar-refractivity contribution in [3.05, 3.63) is 28.3 Å². The van der Waals surface area contributed by atoms with E-state index in [1.165, 1.54) is 7.11 Å². The summed E-state index contributed by atoms with van der Waals surface area (Å²) in [6.45, 7) is 2.54. The van der Waals surface area contributed by atoms with E-state index in [2.05, 4.69) is 4.90 Å². The second kappa shape index (κ2) is 6.52. The normalized spacial score (nSPS) is 22.8. The zero-order valence-electron chi connectivity index (χ0n) is 12.9. The van der Waals surface area contributed by atoms with Crippen molar-refractivity contribution in [2.45, 2.75) is 31.8 Å². The van der Waals surface area contributed by atoms with Crippen LogP contribution >= 0.6 is 0 Å². The summed E-state index contributed by atoms with van der Waals surface area (Å²) in [5.74, 6) is 0.909. The molecule has 2 heterocycles. The number of piperidine rings is 1. The number of nitro benzene ring substituents is 1. The number of anilines is 1. The van der Waals surface area contributed by atoms with Crippen molar-refractivity contribution in [2.24, 2.45) is 5.92 Å². The van der Waals surface area contributed by atoms with Gasteiger partial charge in [-0.1, -0.05) is 6.07 Å². The molecular weight excluding hydrogens is 284 g/mol. The molecule has 0 aromatic heterocycles. The van der Waals surface area contributed by atoms with E-state index in [0.29, 0.717) is 23.5 Å². The minimum Gasteiger partial charge on any atom is -0.490 e. The SMILES string of the molecule is COc1cccc(N2CCC([C@@H]3CCCO3)CC2)c1[N+](=O)[O-]. The predicted octanol–water partition coefficient (Wildman–Crippen LogP) is 3.00. The molecule has 0 amide bonds. The summed E-state index contributed by atoms with van der Waals surface area (Å²) in [7, 11) is 1.47. The molecule has 0 aliphatic carbocycles. The van der Waals surface area contributed by atoms with Crippen molar-refractivity contribution in [3.8, 4) is 5.75 Å². The smallest absolute Gasteiger partial charge is 0.333 e. The van der Waals surface area contributed by atoms with E-state index in [9.17, 15) is 10.1 Å². The molecule has 2 fully saturated rings. The van der Waals surface area contributed by atoms with E-state index >= 15 is 0 Å². The highest BCUT2D eigenvalue weighted by Gasteiger charge is 2.32. The van der Waals surface area contributed by atoms with Gasteiger partial charge in [0, 0.05) is 19.7 Å². The summed E-state index contributed by atoms with van der Waals surface area (Å²) >= 11 is 0. The number of para-hydroxylation sites is 1. The molecule has 1 aromatic rings. The first-order chi connectivity index (χ1) is 10.7. The molecule has 0 N–H and O–H groups in total. The van der Waals surface area contributed by atoms with Crippen LogP contribution in [0.5, 0.6) is 5.75 Å². The van der Waals surface area contributed by atoms with Gasteiger partial charge in [-0.3, -0.25) is 10.1 Å². The van der Waals surface area contributed by atoms with E-state index < -0.39 is 0 Å². The quantitative estimate of drug-likeness (QED) is 0.632. The van der Waals surface area contributed by atoms with Crippen molar-refractivity contribution >= 4 is 11.4 Å². The number of methoxy groups -OCH3 is 1. The Kier molecular flexibility index (Phi) is 4.47. The van der Waals surface area contributed by atoms with E-state index in [0.717, 1.165) is 45.4 Å². The lowest BCUT2D eigenvalue weighted by molar-refractivity contribution is -0.385. The van der Waals surface area contributed by atoms with Crippen LogP contribution in [0.4, 0.5) is 11.4 Å². The molecule has 6 heteroatoms. The van der Waals surface area contributed by atoms with Gasteiger partial charge in [0.1, 0.15) is 5.69 Å². The van der Waals surface area contributed by atoms with Gasteiger partial charge < -0.3 is 14.4 Å². The van der Waals surface area contributed by atoms with E-state index in [-0.39, 0.29) is 10.6 Å². The Balaban J connectivity index is 1.74. The molecule has 22 heavy (non-hydrogen) atoms. The van der Waals surface area contributed by atoms with Crippen molar-refractivity contribution in [2.75, 3.05) is 31.7 Å². The fourth-order valence-electron chi connectivity index (χ4n) is 3.60. The Bertz CT molecular complexity index is 535. The van der Waals surface area contributed by atoms with Gasteiger partial charge in [0.2, 0.25) is 0 Å². The first-order valence-corrected chi connectivity index (χ1v) is 7.88. The van der Waals surface area contributed by atoms with Crippen LogP contribution in [0, 0.1) is 16.0 Å². The van der Waals surface area contributed by atoms with Crippen LogP contribution in [0.15, 0.2) is 18.2 Å². The predicted molar refractivity (Wildman–Crippen MR) is 83.6 cm³/mol. The fourth-order valence-corrected chi connectivity index (χ4v) is 3.60. The number of hydrogen-bond acceptors (Lipinski definition) is 5. The maximum Gasteiger partial charge on any atom is 0.333 e. The van der Waals surface area contributed by atoms with Crippen LogP contribution < -0.4 is 9.64 Å². The number of nitro groups is 1. The van der Waals surface area contributed by atoms with Gasteiger partial charge in [0.25, 0.3) is 0 Å². The number of hydrogen-bond donors (Lipinski definition) is 0. The summed E-state index contributed by atoms with van der Waals surface area (Å²) in [5, 5.41) is 11.4. The van der Waals surface area contributed by atoms with Gasteiger partial charge in [0.05, 0.1) is 18.1 Å². The number of ether oxygens (including phenoxy) is 2. The molecule has 6 nitrogen and oxygen atoms in total. The number of benzene rings is 1. The van der Waals surface area contributed by atoms with Crippen LogP contribution in [0.25, 0.3) is 0 Å². The molecule has 0 spiro atoms. The van der Waals surface area contributed by atoms with E-state index in [1.54, 1.807) is 6.07 Å². The summed E-state index contributed by atoms with van der Waals surface area (Å²) in [6.07, 6.45) is 4.76. The third kappa shape index (κ3) is 2.88. The second-order valence-corrected chi connectivity index (χ2v) is 5.96. The van der Waals surface area contributed by atoms with Gasteiger partial charge in [-0.25, -0.2) is 0 Å². The molecule has 1 aromatic carbocycles. The van der Waals surface area contributed by atoms with Crippen molar-refractivity contribution in [3.63, 3.8) is 0 Å². The highest BCUT2D eigenvalue weighted by atomic mass is 16.6. The summed E-state index contributed by atoms with van der Waals surface area (Å²) in [4.78, 5) is 13.2. The molecule has 0 bridgehead atoms. The molecule has 1 atom stereocenters. The molecule has 0 saturated carbocycles. The Morgan fingerprint density at radius 1 is 1.32 bits per heavy atom. The molecule has 2 aliphatic heterocycles. The van der Waals surface area contributed by atoms with Gasteiger partial charge in [-0.2, -0.15) is 0 Å². The van der Waals surface area contributed by atoms with Crippen LogP contribution in [0.1, 0.15) is 25.7 Å². The molecule has 0 radical (unpaired) electrons. The topological polar surface area (TPSA) is 64.8 Å². The van der Waals surface area contributed by atoms with Gasteiger partial charge >= 0.3 is 5.69 Å². The maximum absolute atomic E-state index is 11.4. The lowest BCUT2D eigenvalue weighted by Gasteiger charge is -2.35. The monoisotopic (exact) mass is 306 g/mol. The molecule has 120 valence electrons. The van der Waals surface area contributed by atoms with Crippen molar-refractivity contribution in [1.82, 2.24) is 0 Å². The molecule has 2 saturated heterocycles. The highest BCUT2D eigenvalue weighted by Crippen LogP contribution is 2.39. The average Bonchev–Trinajstić information content (AvgIpc) is 3.08. The van der Waals surface area contributed by atoms with Gasteiger partial charge in [-0.15, -0.1) is 0 Å². The first-order valence-electron chi connectivity index (χ1n) is 7.88. The third-order valence-electron chi connectivity index (χ3n) is 4.75. The average molecular weight is 306 g/mol. The summed E-state index contributed by atoms with van der Waals surface area (Å²) < 4.78 is 10.9. The molecular formula is C16H22N2O4. The van der Waals surface area contributed by atoms with Crippen LogP contribution in [-0.4, -0.2) is 37.8 Å². The van der Waals surface area contributed by atoms with Crippen LogP contribution in [0.2, 0.25) is 0 Å². The van der Waals surface area contributed by atoms with Gasteiger partial charge in [0.15, 0.2) is 5.75 Å². The van der Waals surface area contributed by atoms with Crippen molar-refractivity contribution < 1.29 is 14.4 Å². The Morgan fingerprint density at radius 2 is 2.09 bits per heavy atom. The Morgan fingerprint density at radius 3 is 2.68 bits per heavy atom. The Labute approximate surface area is 130 Å². The number of nitrogens with zero attached hydrogens (tertiary/aromatic N) is 2. The first kappa shape index (κ1) is 15.1. The number of rotatable bonds is 4. The zero-order chi connectivity index (χ0) is 15.5. The minimum absolute atomic E-state index is 0.0700. The molecule has 0 unspecified atom stereocenters. The van der Waals surface area contributed by atoms with Crippen LogP contribution in [0.3, 0.4) is 0 Å². The standard InChI is InChI=1S/C16H22N2O4/c1-21-15-5-2-4-13(16(15)18(19)20)17-9-7-12(8-10-17)14-6-3-11-22-14/h2,4-5,12,14H,3,6-11H2,1H3/t14-/m0/s1. The zero-order valence-corrected chi connectivity index (χ0v) is 12.9. The van der Waals surface area contributed by atoms with E-state index in [4.69, 9.17) is 9.47 Å². The summed E-state index contributed by atoms with van der Waals surface area (Å²) in [6, 6.07) is 5.27. The molecule has 3 rings (SSSR count). The Hall–Kier alpha value is -1.82. The maximum atomic E-state index is 11.4. The highest BCUT2D eigenvalue weighted by molar-refractivity contribution is 5.69. The lowest BCUT2D eigenvalue weighted by atomic mass is 9.89. The minimum atomic E-state index is -0.347. The largest absolute Gasteiger partial charge is 0.490 e. The second-order valence-electron chi connectivity index (χ2n) is 5.96. The molecule has 2 aliphatic rings. The van der Waals surface area contributed by atoms with Gasteiger partial charge in [-0.05, 0) is 43.7 Å². The third-order valence-corrected chi connectivity index (χ3v) is 4.75. The summed E-state index contributed by atoms with van der Waals surface area (Å²) in [5.41, 5.74) is 0.732. The van der Waals surface area contributed by atoms with Crippen molar-refractivity contribution in [1.29, 1.82) is 0 Å². The van der Waals surface area contributed by atoms with E-state index in [1.807, 2.05) is 12.1 Å². The fraction of sp³-hybridized carbons (Fsp3) is 0.625.